The van der Waals surface area contributed by atoms with E-state index in [0.717, 1.165) is 21.9 Å². The van der Waals surface area contributed by atoms with Crippen LogP contribution >= 0.6 is 11.6 Å². The van der Waals surface area contributed by atoms with E-state index in [1.807, 2.05) is 30.3 Å². The second kappa shape index (κ2) is 2.94. The molecule has 0 aliphatic heterocycles. The van der Waals surface area contributed by atoms with Gasteiger partial charge in [0.1, 0.15) is 0 Å². The van der Waals surface area contributed by atoms with Crippen molar-refractivity contribution in [1.29, 1.82) is 0 Å². The Bertz CT molecular complexity index is 611. The minimum Gasteiger partial charge on any atom is -0.289 e. The number of hydrogen-bond donors (Lipinski definition) is 0. The Morgan fingerprint density at radius 1 is 1.00 bits per heavy atom. The highest BCUT2D eigenvalue weighted by molar-refractivity contribution is 6.31. The fraction of sp³-hybridized carbons (Fsp3) is 0. The molecular formula is C13H7ClO. The van der Waals surface area contributed by atoms with Gasteiger partial charge in [0.25, 0.3) is 0 Å². The molecule has 0 aromatic heterocycles. The van der Waals surface area contributed by atoms with Crippen LogP contribution in [-0.4, -0.2) is 5.78 Å². The first-order chi connectivity index (χ1) is 7.24. The van der Waals surface area contributed by atoms with Crippen molar-refractivity contribution in [3.05, 3.63) is 52.6 Å². The number of hydrogen-bond acceptors (Lipinski definition) is 1. The Labute approximate surface area is 92.0 Å². The molecule has 0 N–H and O–H groups in total. The first kappa shape index (κ1) is 8.69. The van der Waals surface area contributed by atoms with Gasteiger partial charge in [0.15, 0.2) is 5.78 Å². The van der Waals surface area contributed by atoms with Gasteiger partial charge in [-0.2, -0.15) is 0 Å². The third-order valence-corrected chi connectivity index (χ3v) is 2.87. The number of carbonyl (C=O) groups excluding carboxylic acids is 1. The third kappa shape index (κ3) is 1.28. The molecule has 3 rings (SSSR count). The Balaban J connectivity index is 2.48. The van der Waals surface area contributed by atoms with Crippen LogP contribution in [0.1, 0.15) is 15.9 Å². The highest BCUT2D eigenvalue weighted by Gasteiger charge is 2.12. The fourth-order valence-corrected chi connectivity index (χ4v) is 2.09. The van der Waals surface area contributed by atoms with Gasteiger partial charge in [0.05, 0.1) is 0 Å². The van der Waals surface area contributed by atoms with Crippen molar-refractivity contribution >= 4 is 34.2 Å². The Morgan fingerprint density at radius 2 is 1.87 bits per heavy atom. The smallest absolute Gasteiger partial charge is 0.186 e. The van der Waals surface area contributed by atoms with Crippen LogP contribution in [0.15, 0.2) is 36.4 Å². The maximum Gasteiger partial charge on any atom is 0.186 e. The van der Waals surface area contributed by atoms with Gasteiger partial charge in [-0.25, -0.2) is 0 Å². The monoisotopic (exact) mass is 214 g/mol. The average molecular weight is 215 g/mol. The molecule has 0 saturated heterocycles. The van der Waals surface area contributed by atoms with Crippen molar-refractivity contribution in [3.63, 3.8) is 0 Å². The third-order valence-electron chi connectivity index (χ3n) is 2.63. The molecule has 2 bridgehead atoms. The van der Waals surface area contributed by atoms with Crippen LogP contribution in [0.4, 0.5) is 0 Å². The second-order valence-corrected chi connectivity index (χ2v) is 4.07. The van der Waals surface area contributed by atoms with Gasteiger partial charge in [-0.3, -0.25) is 4.79 Å². The van der Waals surface area contributed by atoms with Crippen LogP contribution < -0.4 is 0 Å². The van der Waals surface area contributed by atoms with E-state index < -0.39 is 0 Å². The fourth-order valence-electron chi connectivity index (χ4n) is 1.92. The zero-order valence-corrected chi connectivity index (χ0v) is 8.58. The quantitative estimate of drug-likeness (QED) is 0.654. The average Bonchev–Trinajstić information content (AvgIpc) is 2.24. The number of fused-ring (bicyclic) bond motifs is 4. The van der Waals surface area contributed by atoms with E-state index in [2.05, 4.69) is 6.07 Å². The Hall–Kier alpha value is -1.60. The highest BCUT2D eigenvalue weighted by Crippen LogP contribution is 2.28. The number of rotatable bonds is 0. The molecule has 72 valence electrons. The van der Waals surface area contributed by atoms with Crippen molar-refractivity contribution in [2.45, 2.75) is 0 Å². The van der Waals surface area contributed by atoms with E-state index >= 15 is 0 Å². The van der Waals surface area contributed by atoms with Crippen LogP contribution in [0.5, 0.6) is 0 Å². The van der Waals surface area contributed by atoms with E-state index in [9.17, 15) is 4.79 Å². The van der Waals surface area contributed by atoms with E-state index in [-0.39, 0.29) is 5.78 Å². The molecule has 2 aromatic rings. The summed E-state index contributed by atoms with van der Waals surface area (Å²) in [7, 11) is 0. The van der Waals surface area contributed by atoms with Crippen LogP contribution in [0.25, 0.3) is 16.8 Å². The minimum atomic E-state index is 0.0513. The van der Waals surface area contributed by atoms with Crippen LogP contribution in [0.2, 0.25) is 5.02 Å². The second-order valence-electron chi connectivity index (χ2n) is 3.63. The van der Waals surface area contributed by atoms with Crippen LogP contribution in [0.3, 0.4) is 0 Å². The number of ketones is 1. The lowest BCUT2D eigenvalue weighted by molar-refractivity contribution is 0.104. The summed E-state index contributed by atoms with van der Waals surface area (Å²) >= 11 is 5.92. The molecular weight excluding hydrogens is 208 g/mol. The molecule has 0 amide bonds. The number of halogens is 1. The molecule has 0 heterocycles. The Kier molecular flexibility index (Phi) is 1.70. The molecule has 0 radical (unpaired) electrons. The van der Waals surface area contributed by atoms with E-state index in [4.69, 9.17) is 11.6 Å². The molecule has 1 aliphatic carbocycles. The summed E-state index contributed by atoms with van der Waals surface area (Å²) < 4.78 is 0. The molecule has 2 aromatic carbocycles. The normalized spacial score (nSPS) is 13.5. The molecule has 0 unspecified atom stereocenters. The van der Waals surface area contributed by atoms with Gasteiger partial charge in [0, 0.05) is 10.6 Å². The van der Waals surface area contributed by atoms with Gasteiger partial charge >= 0.3 is 0 Å². The summed E-state index contributed by atoms with van der Waals surface area (Å²) in [5.41, 5.74) is 1.81. The number of allylic oxidation sites excluding steroid dienone is 1. The first-order valence-electron chi connectivity index (χ1n) is 4.70. The molecule has 0 saturated carbocycles. The zero-order chi connectivity index (χ0) is 10.4. The molecule has 1 aliphatic rings. The summed E-state index contributed by atoms with van der Waals surface area (Å²) in [5, 5.41) is 2.65. The lowest BCUT2D eigenvalue weighted by Crippen LogP contribution is -2.00. The van der Waals surface area contributed by atoms with Gasteiger partial charge < -0.3 is 0 Å². The van der Waals surface area contributed by atoms with E-state index in [0.29, 0.717) is 5.02 Å². The van der Waals surface area contributed by atoms with Crippen molar-refractivity contribution in [2.75, 3.05) is 0 Å². The molecule has 0 fully saturated rings. The predicted molar refractivity (Wildman–Crippen MR) is 62.3 cm³/mol. The lowest BCUT2D eigenvalue weighted by Gasteiger charge is -2.10. The maximum atomic E-state index is 11.7. The largest absolute Gasteiger partial charge is 0.289 e. The Morgan fingerprint density at radius 3 is 2.73 bits per heavy atom. The number of benzene rings is 2. The summed E-state index contributed by atoms with van der Waals surface area (Å²) in [4.78, 5) is 11.7. The zero-order valence-electron chi connectivity index (χ0n) is 7.83. The van der Waals surface area contributed by atoms with Crippen molar-refractivity contribution in [3.8, 4) is 0 Å². The van der Waals surface area contributed by atoms with Crippen molar-refractivity contribution in [1.82, 2.24) is 0 Å². The SMILES string of the molecule is O=C1C=Cc2cc1c1cc(Cl)ccc1c2. The molecule has 2 heteroatoms. The maximum absolute atomic E-state index is 11.7. The minimum absolute atomic E-state index is 0.0513. The molecule has 15 heavy (non-hydrogen) atoms. The lowest BCUT2D eigenvalue weighted by atomic mass is 9.94. The molecule has 0 atom stereocenters. The van der Waals surface area contributed by atoms with Gasteiger partial charge in [-0.15, -0.1) is 0 Å². The van der Waals surface area contributed by atoms with Gasteiger partial charge in [-0.05, 0) is 46.7 Å². The highest BCUT2D eigenvalue weighted by atomic mass is 35.5. The first-order valence-corrected chi connectivity index (χ1v) is 5.07. The standard InChI is InChI=1S/C13H7ClO/c14-10-3-2-9-5-8-1-4-13(15)12(6-8)11(9)7-10/h1-7H. The summed E-state index contributed by atoms with van der Waals surface area (Å²) in [6.45, 7) is 0. The number of carbonyl (C=O) groups is 1. The van der Waals surface area contributed by atoms with Gasteiger partial charge in [0.2, 0.25) is 0 Å². The summed E-state index contributed by atoms with van der Waals surface area (Å²) in [6.07, 6.45) is 3.44. The summed E-state index contributed by atoms with van der Waals surface area (Å²) in [6, 6.07) is 9.58. The van der Waals surface area contributed by atoms with Crippen molar-refractivity contribution < 1.29 is 4.79 Å². The van der Waals surface area contributed by atoms with Gasteiger partial charge in [-0.1, -0.05) is 23.7 Å². The van der Waals surface area contributed by atoms with Crippen LogP contribution in [-0.2, 0) is 0 Å². The molecule has 0 spiro atoms. The summed E-state index contributed by atoms with van der Waals surface area (Å²) in [5.74, 6) is 0.0513. The van der Waals surface area contributed by atoms with Crippen molar-refractivity contribution in [2.24, 2.45) is 0 Å². The molecule has 1 nitrogen and oxygen atoms in total. The predicted octanol–water partition coefficient (Wildman–Crippen LogP) is 3.70. The van der Waals surface area contributed by atoms with Crippen LogP contribution in [0, 0.1) is 0 Å². The van der Waals surface area contributed by atoms with E-state index in [1.165, 1.54) is 0 Å². The van der Waals surface area contributed by atoms with E-state index in [1.54, 1.807) is 6.08 Å². The topological polar surface area (TPSA) is 17.1 Å².